The number of piperidine rings is 1. The number of benzene rings is 2. The van der Waals surface area contributed by atoms with Crippen LogP contribution in [0.4, 0.5) is 11.5 Å². The van der Waals surface area contributed by atoms with Crippen molar-refractivity contribution in [1.82, 2.24) is 15.2 Å². The largest absolute Gasteiger partial charge is 0.495 e. The molecule has 1 aliphatic heterocycles. The highest BCUT2D eigenvalue weighted by Gasteiger charge is 2.15. The van der Waals surface area contributed by atoms with Crippen molar-refractivity contribution in [2.24, 2.45) is 0 Å². The molecule has 3 aromatic rings. The molecule has 0 unspecified atom stereocenters. The first-order valence-corrected chi connectivity index (χ1v) is 12.4. The van der Waals surface area contributed by atoms with Gasteiger partial charge in [-0.05, 0) is 74.6 Å². The topological polar surface area (TPSA) is 102 Å². The molecule has 0 radical (unpaired) electrons. The van der Waals surface area contributed by atoms with Crippen molar-refractivity contribution >= 4 is 28.7 Å². The highest BCUT2D eigenvalue weighted by Crippen LogP contribution is 2.36. The average Bonchev–Trinajstić information content (AvgIpc) is 2.92. The molecule has 0 spiro atoms. The second-order valence-corrected chi connectivity index (χ2v) is 9.15. The maximum Gasteiger partial charge on any atom is 0.207 e. The third-order valence-electron chi connectivity index (χ3n) is 6.51. The minimum Gasteiger partial charge on any atom is -0.495 e. The fraction of sp³-hybridized carbons (Fsp3) is 0.345. The molecule has 1 saturated heterocycles. The lowest BCUT2D eigenvalue weighted by Crippen LogP contribution is -2.40. The summed E-state index contributed by atoms with van der Waals surface area (Å²) in [6.45, 7) is 8.35. The summed E-state index contributed by atoms with van der Waals surface area (Å²) in [6, 6.07) is 14.8. The number of nitriles is 1. The van der Waals surface area contributed by atoms with Gasteiger partial charge in [0.2, 0.25) is 6.41 Å². The zero-order valence-corrected chi connectivity index (χ0v) is 22.1. The molecule has 0 atom stereocenters. The number of hydrogen-bond acceptors (Lipinski definition) is 7. The monoisotopic (exact) mass is 500 g/mol. The fourth-order valence-electron chi connectivity index (χ4n) is 4.33. The molecule has 8 heteroatoms. The molecule has 2 heterocycles. The number of carbonyl (C=O) groups excluding carboxylic acids is 1. The number of nitrogens with one attached hydrogen (secondary N) is 3. The zero-order chi connectivity index (χ0) is 26.8. The van der Waals surface area contributed by atoms with Gasteiger partial charge in [0, 0.05) is 42.4 Å². The van der Waals surface area contributed by atoms with E-state index in [0.717, 1.165) is 77.1 Å². The van der Waals surface area contributed by atoms with E-state index in [-0.39, 0.29) is 0 Å². The van der Waals surface area contributed by atoms with E-state index in [0.29, 0.717) is 18.2 Å². The summed E-state index contributed by atoms with van der Waals surface area (Å²) in [5, 5.41) is 20.3. The van der Waals surface area contributed by atoms with Crippen molar-refractivity contribution in [3.8, 4) is 22.9 Å². The number of aryl methyl sites for hydroxylation is 1. The van der Waals surface area contributed by atoms with Gasteiger partial charge in [0.25, 0.3) is 0 Å². The molecular weight excluding hydrogens is 464 g/mol. The van der Waals surface area contributed by atoms with Crippen molar-refractivity contribution in [1.29, 1.82) is 5.26 Å². The SMILES string of the molecule is C=C(C#N)CNc1c(OC)ccc2ccc(-c3cnc(NC)c(C)c3)cc12.CN1CCC(NC=O)CC1. The number of ether oxygens (including phenoxy) is 1. The molecule has 1 fully saturated rings. The smallest absolute Gasteiger partial charge is 0.207 e. The maximum absolute atomic E-state index is 10.0. The number of likely N-dealkylation sites (tertiary alicyclic amines) is 1. The number of rotatable bonds is 8. The standard InChI is InChI=1S/C22H22N4O.C7H14N2O/c1-14(11-23)12-25-21-19-10-17(6-5-16(19)7-8-20(21)27-4)18-9-15(2)22(24-3)26-13-18;1-9-4-2-7(3-5-9)8-6-10/h5-10,13,25H,1,12H2,2-4H3,(H,24,26);6-7H,2-5H2,1H3,(H,8,10). The van der Waals surface area contributed by atoms with Crippen LogP contribution >= 0.6 is 0 Å². The summed E-state index contributed by atoms with van der Waals surface area (Å²) in [4.78, 5) is 16.8. The Hall–Kier alpha value is -4.09. The molecule has 1 amide bonds. The second kappa shape index (κ2) is 13.3. The van der Waals surface area contributed by atoms with Crippen LogP contribution in [0.2, 0.25) is 0 Å². The predicted molar refractivity (Wildman–Crippen MR) is 151 cm³/mol. The number of anilines is 2. The summed E-state index contributed by atoms with van der Waals surface area (Å²) in [5.74, 6) is 1.60. The summed E-state index contributed by atoms with van der Waals surface area (Å²) in [5.41, 5.74) is 4.52. The average molecular weight is 501 g/mol. The number of pyridine rings is 1. The molecule has 0 aliphatic carbocycles. The Morgan fingerprint density at radius 2 is 1.97 bits per heavy atom. The molecule has 0 bridgehead atoms. The van der Waals surface area contributed by atoms with E-state index in [1.54, 1.807) is 7.11 Å². The van der Waals surface area contributed by atoms with E-state index >= 15 is 0 Å². The van der Waals surface area contributed by atoms with Gasteiger partial charge in [-0.3, -0.25) is 4.79 Å². The first-order valence-electron chi connectivity index (χ1n) is 12.4. The molecule has 4 rings (SSSR count). The number of amides is 1. The van der Waals surface area contributed by atoms with Crippen LogP contribution in [-0.4, -0.2) is 63.2 Å². The van der Waals surface area contributed by atoms with Crippen molar-refractivity contribution in [2.75, 3.05) is 51.5 Å². The lowest BCUT2D eigenvalue weighted by atomic mass is 10.00. The Balaban J connectivity index is 0.000000319. The van der Waals surface area contributed by atoms with Crippen LogP contribution in [0.5, 0.6) is 5.75 Å². The van der Waals surface area contributed by atoms with E-state index in [1.165, 1.54) is 0 Å². The number of methoxy groups -OCH3 is 1. The molecule has 1 aliphatic rings. The summed E-state index contributed by atoms with van der Waals surface area (Å²) >= 11 is 0. The molecule has 37 heavy (non-hydrogen) atoms. The van der Waals surface area contributed by atoms with Crippen LogP contribution in [0.25, 0.3) is 21.9 Å². The number of nitrogens with zero attached hydrogens (tertiary/aromatic N) is 3. The van der Waals surface area contributed by atoms with Crippen LogP contribution in [0, 0.1) is 18.3 Å². The van der Waals surface area contributed by atoms with E-state index in [9.17, 15) is 4.79 Å². The van der Waals surface area contributed by atoms with E-state index < -0.39 is 0 Å². The Labute approximate surface area is 219 Å². The minimum atomic E-state index is 0.369. The second-order valence-electron chi connectivity index (χ2n) is 9.15. The minimum absolute atomic E-state index is 0.369. The number of aromatic nitrogens is 1. The lowest BCUT2D eigenvalue weighted by Gasteiger charge is -2.28. The number of carbonyl (C=O) groups is 1. The quantitative estimate of drug-likeness (QED) is 0.307. The molecular formula is C29H36N6O2. The molecule has 2 aromatic carbocycles. The van der Waals surface area contributed by atoms with Crippen molar-refractivity contribution < 1.29 is 9.53 Å². The van der Waals surface area contributed by atoms with Gasteiger partial charge >= 0.3 is 0 Å². The Bertz CT molecular complexity index is 1280. The van der Waals surface area contributed by atoms with Crippen LogP contribution < -0.4 is 20.7 Å². The number of fused-ring (bicyclic) bond motifs is 1. The Kier molecular flexibility index (Phi) is 9.87. The van der Waals surface area contributed by atoms with Crippen LogP contribution in [0.15, 0.2) is 54.7 Å². The highest BCUT2D eigenvalue weighted by molar-refractivity contribution is 5.99. The Morgan fingerprint density at radius 3 is 2.59 bits per heavy atom. The highest BCUT2D eigenvalue weighted by atomic mass is 16.5. The molecule has 8 nitrogen and oxygen atoms in total. The summed E-state index contributed by atoms with van der Waals surface area (Å²) in [6.07, 6.45) is 4.85. The van der Waals surface area contributed by atoms with Gasteiger partial charge in [0.15, 0.2) is 0 Å². The summed E-state index contributed by atoms with van der Waals surface area (Å²) in [7, 11) is 5.61. The Morgan fingerprint density at radius 1 is 1.24 bits per heavy atom. The van der Waals surface area contributed by atoms with Crippen LogP contribution in [0.1, 0.15) is 18.4 Å². The van der Waals surface area contributed by atoms with Gasteiger partial charge in [-0.1, -0.05) is 24.8 Å². The van der Waals surface area contributed by atoms with Gasteiger partial charge in [0.05, 0.1) is 18.9 Å². The van der Waals surface area contributed by atoms with Gasteiger partial charge in [0.1, 0.15) is 11.6 Å². The zero-order valence-electron chi connectivity index (χ0n) is 22.1. The van der Waals surface area contributed by atoms with E-state index in [1.807, 2.05) is 32.3 Å². The normalized spacial score (nSPS) is 13.6. The summed E-state index contributed by atoms with van der Waals surface area (Å²) < 4.78 is 5.52. The first kappa shape index (κ1) is 27.5. The fourth-order valence-corrected chi connectivity index (χ4v) is 4.33. The van der Waals surface area contributed by atoms with Crippen LogP contribution in [0.3, 0.4) is 0 Å². The van der Waals surface area contributed by atoms with Gasteiger partial charge in [-0.2, -0.15) is 5.26 Å². The van der Waals surface area contributed by atoms with Crippen molar-refractivity contribution in [2.45, 2.75) is 25.8 Å². The van der Waals surface area contributed by atoms with Gasteiger partial charge in [-0.25, -0.2) is 4.98 Å². The molecule has 0 saturated carbocycles. The van der Waals surface area contributed by atoms with Crippen molar-refractivity contribution in [3.63, 3.8) is 0 Å². The predicted octanol–water partition coefficient (Wildman–Crippen LogP) is 4.58. The van der Waals surface area contributed by atoms with Crippen LogP contribution in [-0.2, 0) is 4.79 Å². The van der Waals surface area contributed by atoms with Gasteiger partial charge in [-0.15, -0.1) is 0 Å². The van der Waals surface area contributed by atoms with E-state index in [2.05, 4.69) is 69.8 Å². The lowest BCUT2D eigenvalue weighted by molar-refractivity contribution is -0.110. The third kappa shape index (κ3) is 7.21. The molecule has 1 aromatic heterocycles. The first-order chi connectivity index (χ1) is 17.9. The van der Waals surface area contributed by atoms with Crippen molar-refractivity contribution in [3.05, 3.63) is 60.3 Å². The maximum atomic E-state index is 10.0. The number of hydrogen-bond donors (Lipinski definition) is 3. The molecule has 3 N–H and O–H groups in total. The molecule has 194 valence electrons. The third-order valence-corrected chi connectivity index (χ3v) is 6.51. The van der Waals surface area contributed by atoms with Gasteiger partial charge < -0.3 is 25.6 Å². The van der Waals surface area contributed by atoms with E-state index in [4.69, 9.17) is 10.00 Å².